The highest BCUT2D eigenvalue weighted by atomic mass is 16.4. The van der Waals surface area contributed by atoms with Crippen molar-refractivity contribution in [1.82, 2.24) is 4.98 Å². The Kier molecular flexibility index (Phi) is 3.08. The van der Waals surface area contributed by atoms with E-state index in [0.717, 1.165) is 12.5 Å². The zero-order chi connectivity index (χ0) is 11.5. The second kappa shape index (κ2) is 4.51. The van der Waals surface area contributed by atoms with Gasteiger partial charge in [0.2, 0.25) is 0 Å². The molecular weight excluding hydrogens is 204 g/mol. The summed E-state index contributed by atoms with van der Waals surface area (Å²) in [6.45, 7) is 2.98. The minimum absolute atomic E-state index is 0.241. The average molecular weight is 220 g/mol. The van der Waals surface area contributed by atoms with Crippen molar-refractivity contribution in [2.75, 3.05) is 11.9 Å². The van der Waals surface area contributed by atoms with Crippen LogP contribution >= 0.6 is 0 Å². The lowest BCUT2D eigenvalue weighted by atomic mass is 10.1. The highest BCUT2D eigenvalue weighted by molar-refractivity contribution is 5.92. The van der Waals surface area contributed by atoms with Crippen molar-refractivity contribution in [3.8, 4) is 0 Å². The normalized spacial score (nSPS) is 16.8. The van der Waals surface area contributed by atoms with Crippen molar-refractivity contribution >= 4 is 11.8 Å². The Morgan fingerprint density at radius 2 is 2.44 bits per heavy atom. The molecule has 0 aromatic carbocycles. The van der Waals surface area contributed by atoms with Crippen LogP contribution in [0.15, 0.2) is 18.3 Å². The quantitative estimate of drug-likeness (QED) is 0.798. The third kappa shape index (κ3) is 2.51. The van der Waals surface area contributed by atoms with Gasteiger partial charge < -0.3 is 10.4 Å². The molecule has 4 heteroatoms. The Morgan fingerprint density at radius 1 is 1.69 bits per heavy atom. The van der Waals surface area contributed by atoms with Gasteiger partial charge in [0, 0.05) is 12.7 Å². The molecule has 1 atom stereocenters. The van der Waals surface area contributed by atoms with Crippen LogP contribution in [0.25, 0.3) is 0 Å². The summed E-state index contributed by atoms with van der Waals surface area (Å²) < 4.78 is 0. The highest BCUT2D eigenvalue weighted by Gasteiger charge is 2.27. The maximum atomic E-state index is 10.9. The van der Waals surface area contributed by atoms with E-state index in [9.17, 15) is 4.79 Å². The highest BCUT2D eigenvalue weighted by Crippen LogP contribution is 2.36. The third-order valence-electron chi connectivity index (χ3n) is 3.06. The average Bonchev–Trinajstić information content (AvgIpc) is 3.10. The van der Waals surface area contributed by atoms with E-state index >= 15 is 0 Å². The molecule has 1 saturated carbocycles. The molecule has 1 aliphatic rings. The molecule has 0 amide bonds. The van der Waals surface area contributed by atoms with Gasteiger partial charge in [-0.25, -0.2) is 9.78 Å². The van der Waals surface area contributed by atoms with Crippen molar-refractivity contribution in [3.63, 3.8) is 0 Å². The van der Waals surface area contributed by atoms with Crippen LogP contribution in [0, 0.1) is 11.8 Å². The van der Waals surface area contributed by atoms with Crippen molar-refractivity contribution in [2.45, 2.75) is 19.8 Å². The number of carboxylic acids is 1. The van der Waals surface area contributed by atoms with Gasteiger partial charge >= 0.3 is 5.97 Å². The molecule has 2 N–H and O–H groups in total. The van der Waals surface area contributed by atoms with Gasteiger partial charge in [-0.2, -0.15) is 0 Å². The molecule has 1 heterocycles. The standard InChI is InChI=1S/C12H16N2O2/c1-8(9-4-5-9)7-14-11-10(12(15)16)3-2-6-13-11/h2-3,6,8-9H,4-5,7H2,1H3,(H,13,14)(H,15,16). The van der Waals surface area contributed by atoms with Crippen LogP contribution in [0.2, 0.25) is 0 Å². The number of nitrogens with one attached hydrogen (secondary N) is 1. The first-order valence-electron chi connectivity index (χ1n) is 5.60. The molecule has 0 spiro atoms. The van der Waals surface area contributed by atoms with E-state index in [2.05, 4.69) is 17.2 Å². The Morgan fingerprint density at radius 3 is 3.06 bits per heavy atom. The smallest absolute Gasteiger partial charge is 0.339 e. The number of aromatic carboxylic acids is 1. The fourth-order valence-electron chi connectivity index (χ4n) is 1.81. The number of aromatic nitrogens is 1. The van der Waals surface area contributed by atoms with Crippen LogP contribution < -0.4 is 5.32 Å². The summed E-state index contributed by atoms with van der Waals surface area (Å²) in [5.41, 5.74) is 0.241. The summed E-state index contributed by atoms with van der Waals surface area (Å²) >= 11 is 0. The maximum Gasteiger partial charge on any atom is 0.339 e. The van der Waals surface area contributed by atoms with E-state index in [0.29, 0.717) is 11.7 Å². The van der Waals surface area contributed by atoms with Crippen LogP contribution in [-0.4, -0.2) is 22.6 Å². The molecule has 4 nitrogen and oxygen atoms in total. The van der Waals surface area contributed by atoms with Crippen molar-refractivity contribution in [2.24, 2.45) is 11.8 Å². The number of hydrogen-bond acceptors (Lipinski definition) is 3. The molecule has 16 heavy (non-hydrogen) atoms. The van der Waals surface area contributed by atoms with Gasteiger partial charge in [-0.1, -0.05) is 6.92 Å². The molecule has 0 bridgehead atoms. The fraction of sp³-hybridized carbons (Fsp3) is 0.500. The zero-order valence-corrected chi connectivity index (χ0v) is 9.31. The van der Waals surface area contributed by atoms with Gasteiger partial charge in [0.15, 0.2) is 0 Å². The summed E-state index contributed by atoms with van der Waals surface area (Å²) in [6.07, 6.45) is 4.21. The summed E-state index contributed by atoms with van der Waals surface area (Å²) in [5.74, 6) is 0.935. The minimum Gasteiger partial charge on any atom is -0.478 e. The van der Waals surface area contributed by atoms with Crippen LogP contribution in [0.3, 0.4) is 0 Å². The van der Waals surface area contributed by atoms with Gasteiger partial charge in [-0.05, 0) is 36.8 Å². The molecule has 86 valence electrons. The van der Waals surface area contributed by atoms with Gasteiger partial charge in [0.1, 0.15) is 11.4 Å². The van der Waals surface area contributed by atoms with Crippen molar-refractivity contribution in [3.05, 3.63) is 23.9 Å². The van der Waals surface area contributed by atoms with Crippen LogP contribution in [-0.2, 0) is 0 Å². The van der Waals surface area contributed by atoms with Crippen LogP contribution in [0.1, 0.15) is 30.1 Å². The van der Waals surface area contributed by atoms with Crippen molar-refractivity contribution in [1.29, 1.82) is 0 Å². The molecular formula is C12H16N2O2. The van der Waals surface area contributed by atoms with E-state index in [1.54, 1.807) is 18.3 Å². The van der Waals surface area contributed by atoms with Crippen LogP contribution in [0.5, 0.6) is 0 Å². The summed E-state index contributed by atoms with van der Waals surface area (Å²) in [4.78, 5) is 15.0. The Labute approximate surface area is 94.7 Å². The number of anilines is 1. The Bertz CT molecular complexity index is 388. The van der Waals surface area contributed by atoms with Gasteiger partial charge in [0.25, 0.3) is 0 Å². The lowest BCUT2D eigenvalue weighted by Crippen LogP contribution is -2.16. The first kappa shape index (κ1) is 10.9. The van der Waals surface area contributed by atoms with E-state index in [1.807, 2.05) is 0 Å². The fourth-order valence-corrected chi connectivity index (χ4v) is 1.81. The number of carboxylic acid groups (broad SMARTS) is 1. The molecule has 2 rings (SSSR count). The molecule has 1 unspecified atom stereocenters. The van der Waals surface area contributed by atoms with E-state index in [-0.39, 0.29) is 5.56 Å². The third-order valence-corrected chi connectivity index (χ3v) is 3.06. The molecule has 0 aliphatic heterocycles. The summed E-state index contributed by atoms with van der Waals surface area (Å²) in [6, 6.07) is 3.21. The summed E-state index contributed by atoms with van der Waals surface area (Å²) in [7, 11) is 0. The van der Waals surface area contributed by atoms with Gasteiger partial charge in [0.05, 0.1) is 0 Å². The minimum atomic E-state index is -0.935. The Balaban J connectivity index is 1.99. The number of pyridine rings is 1. The monoisotopic (exact) mass is 220 g/mol. The lowest BCUT2D eigenvalue weighted by molar-refractivity contribution is 0.0697. The maximum absolute atomic E-state index is 10.9. The van der Waals surface area contributed by atoms with E-state index < -0.39 is 5.97 Å². The molecule has 0 saturated heterocycles. The Hall–Kier alpha value is -1.58. The lowest BCUT2D eigenvalue weighted by Gasteiger charge is -2.13. The second-order valence-electron chi connectivity index (χ2n) is 4.40. The predicted octanol–water partition coefficient (Wildman–Crippen LogP) is 2.24. The second-order valence-corrected chi connectivity index (χ2v) is 4.40. The molecule has 1 aliphatic carbocycles. The number of hydrogen-bond donors (Lipinski definition) is 2. The topological polar surface area (TPSA) is 62.2 Å². The van der Waals surface area contributed by atoms with E-state index in [4.69, 9.17) is 5.11 Å². The van der Waals surface area contributed by atoms with Crippen molar-refractivity contribution < 1.29 is 9.90 Å². The molecule has 1 aromatic heterocycles. The predicted molar refractivity (Wildman–Crippen MR) is 61.6 cm³/mol. The van der Waals surface area contributed by atoms with Gasteiger partial charge in [-0.15, -0.1) is 0 Å². The molecule has 1 fully saturated rings. The number of nitrogens with zero attached hydrogens (tertiary/aromatic N) is 1. The SMILES string of the molecule is CC(CNc1ncccc1C(=O)O)C1CC1. The summed E-state index contributed by atoms with van der Waals surface area (Å²) in [5, 5.41) is 12.1. The van der Waals surface area contributed by atoms with E-state index in [1.165, 1.54) is 12.8 Å². The molecule has 1 aromatic rings. The number of rotatable bonds is 5. The first-order chi connectivity index (χ1) is 7.68. The van der Waals surface area contributed by atoms with Gasteiger partial charge in [-0.3, -0.25) is 0 Å². The largest absolute Gasteiger partial charge is 0.478 e. The zero-order valence-electron chi connectivity index (χ0n) is 9.31. The first-order valence-corrected chi connectivity index (χ1v) is 5.60. The van der Waals surface area contributed by atoms with Crippen LogP contribution in [0.4, 0.5) is 5.82 Å². The number of carbonyl (C=O) groups is 1. The molecule has 0 radical (unpaired) electrons.